The van der Waals surface area contributed by atoms with Crippen LogP contribution in [0.5, 0.6) is 5.75 Å². The van der Waals surface area contributed by atoms with Crippen molar-refractivity contribution in [3.05, 3.63) is 75.5 Å². The van der Waals surface area contributed by atoms with Crippen LogP contribution in [0.1, 0.15) is 16.2 Å². The van der Waals surface area contributed by atoms with Gasteiger partial charge in [0.1, 0.15) is 5.75 Å². The second kappa shape index (κ2) is 7.86. The van der Waals surface area contributed by atoms with Gasteiger partial charge in [-0.25, -0.2) is 9.50 Å². The molecule has 4 aromatic rings. The standard InChI is InChI=1S/C20H11BrClF3N4O2/c21-11-3-1-10(2-4-11)13-8-17(20(23,24)25)29-18(26-13)9-15(28-29)19(31)27-14-7-12(22)5-6-16(14)30/h1-9,30H,(H,27,31). The molecule has 0 aliphatic heterocycles. The highest BCUT2D eigenvalue weighted by atomic mass is 79.9. The van der Waals surface area contributed by atoms with Gasteiger partial charge in [-0.3, -0.25) is 4.79 Å². The number of halogens is 5. The van der Waals surface area contributed by atoms with Crippen molar-refractivity contribution in [3.8, 4) is 17.0 Å². The first-order valence-electron chi connectivity index (χ1n) is 8.65. The van der Waals surface area contributed by atoms with Gasteiger partial charge in [0, 0.05) is 21.1 Å². The van der Waals surface area contributed by atoms with E-state index in [2.05, 4.69) is 31.3 Å². The van der Waals surface area contributed by atoms with E-state index in [1.165, 1.54) is 18.2 Å². The van der Waals surface area contributed by atoms with E-state index in [4.69, 9.17) is 11.6 Å². The number of phenols is 1. The zero-order valence-electron chi connectivity index (χ0n) is 15.3. The Balaban J connectivity index is 1.79. The summed E-state index contributed by atoms with van der Waals surface area (Å²) in [4.78, 5) is 16.8. The third-order valence-corrected chi connectivity index (χ3v) is 5.06. The first kappa shape index (κ1) is 21.1. The van der Waals surface area contributed by atoms with Gasteiger partial charge in [-0.2, -0.15) is 18.3 Å². The number of phenolic OH excluding ortho intramolecular Hbond substituents is 1. The van der Waals surface area contributed by atoms with Gasteiger partial charge in [-0.05, 0) is 36.4 Å². The lowest BCUT2D eigenvalue weighted by atomic mass is 10.1. The molecule has 2 aromatic carbocycles. The lowest BCUT2D eigenvalue weighted by molar-refractivity contribution is -0.142. The van der Waals surface area contributed by atoms with Gasteiger partial charge in [0.2, 0.25) is 0 Å². The fourth-order valence-corrected chi connectivity index (χ4v) is 3.29. The molecule has 0 radical (unpaired) electrons. The second-order valence-electron chi connectivity index (χ2n) is 6.45. The molecule has 2 N–H and O–H groups in total. The highest BCUT2D eigenvalue weighted by Gasteiger charge is 2.35. The summed E-state index contributed by atoms with van der Waals surface area (Å²) >= 11 is 9.12. The molecule has 6 nitrogen and oxygen atoms in total. The molecule has 0 aliphatic carbocycles. The fourth-order valence-electron chi connectivity index (χ4n) is 2.85. The molecule has 11 heteroatoms. The number of rotatable bonds is 3. The minimum absolute atomic E-state index is 0.00545. The summed E-state index contributed by atoms with van der Waals surface area (Å²) in [6, 6.07) is 12.6. The maximum atomic E-state index is 13.7. The van der Waals surface area contributed by atoms with Gasteiger partial charge in [0.05, 0.1) is 11.4 Å². The quantitative estimate of drug-likeness (QED) is 0.341. The molecular weight excluding hydrogens is 501 g/mol. The summed E-state index contributed by atoms with van der Waals surface area (Å²) in [5, 5.41) is 16.2. The summed E-state index contributed by atoms with van der Waals surface area (Å²) in [7, 11) is 0. The number of aromatic nitrogens is 3. The highest BCUT2D eigenvalue weighted by Crippen LogP contribution is 2.33. The molecule has 158 valence electrons. The third kappa shape index (κ3) is 4.35. The first-order chi connectivity index (χ1) is 14.6. The number of benzene rings is 2. The van der Waals surface area contributed by atoms with Crippen LogP contribution >= 0.6 is 27.5 Å². The second-order valence-corrected chi connectivity index (χ2v) is 7.80. The van der Waals surface area contributed by atoms with Crippen LogP contribution in [0.25, 0.3) is 16.9 Å². The molecule has 0 fully saturated rings. The van der Waals surface area contributed by atoms with E-state index in [1.54, 1.807) is 24.3 Å². The molecule has 1 amide bonds. The van der Waals surface area contributed by atoms with Crippen LogP contribution in [-0.4, -0.2) is 25.6 Å². The molecule has 0 saturated heterocycles. The van der Waals surface area contributed by atoms with Gasteiger partial charge >= 0.3 is 6.18 Å². The number of carbonyl (C=O) groups is 1. The molecule has 31 heavy (non-hydrogen) atoms. The molecule has 0 aliphatic rings. The maximum Gasteiger partial charge on any atom is 0.433 e. The summed E-state index contributed by atoms with van der Waals surface area (Å²) in [5.74, 6) is -1.09. The van der Waals surface area contributed by atoms with Crippen molar-refractivity contribution in [2.24, 2.45) is 0 Å². The van der Waals surface area contributed by atoms with Gasteiger partial charge in [-0.1, -0.05) is 39.7 Å². The van der Waals surface area contributed by atoms with Crippen LogP contribution in [0.4, 0.5) is 18.9 Å². The molecule has 0 spiro atoms. The zero-order chi connectivity index (χ0) is 22.3. The zero-order valence-corrected chi connectivity index (χ0v) is 17.6. The third-order valence-electron chi connectivity index (χ3n) is 4.30. The Morgan fingerprint density at radius 2 is 1.81 bits per heavy atom. The summed E-state index contributed by atoms with van der Waals surface area (Å²) in [5.41, 5.74) is -1.02. The molecule has 2 aromatic heterocycles. The van der Waals surface area contributed by atoms with E-state index >= 15 is 0 Å². The Labute approximate surface area is 186 Å². The fraction of sp³-hybridized carbons (Fsp3) is 0.0500. The van der Waals surface area contributed by atoms with E-state index in [-0.39, 0.29) is 33.5 Å². The van der Waals surface area contributed by atoms with Crippen molar-refractivity contribution in [1.29, 1.82) is 0 Å². The molecule has 2 heterocycles. The number of anilines is 1. The average molecular weight is 512 g/mol. The smallest absolute Gasteiger partial charge is 0.433 e. The number of fused-ring (bicyclic) bond motifs is 1. The van der Waals surface area contributed by atoms with Crippen LogP contribution < -0.4 is 5.32 Å². The molecule has 4 rings (SSSR count). The number of hydrogen-bond donors (Lipinski definition) is 2. The van der Waals surface area contributed by atoms with Crippen molar-refractivity contribution in [2.75, 3.05) is 5.32 Å². The summed E-state index contributed by atoms with van der Waals surface area (Å²) in [6.45, 7) is 0. The maximum absolute atomic E-state index is 13.7. The van der Waals surface area contributed by atoms with Crippen molar-refractivity contribution in [3.63, 3.8) is 0 Å². The van der Waals surface area contributed by atoms with E-state index in [0.717, 1.165) is 16.6 Å². The lowest BCUT2D eigenvalue weighted by Crippen LogP contribution is -2.15. The van der Waals surface area contributed by atoms with Gasteiger partial charge in [-0.15, -0.1) is 0 Å². The topological polar surface area (TPSA) is 79.5 Å². The molecular formula is C20H11BrClF3N4O2. The minimum atomic E-state index is -4.74. The van der Waals surface area contributed by atoms with Gasteiger partial charge < -0.3 is 10.4 Å². The minimum Gasteiger partial charge on any atom is -0.506 e. The predicted octanol–water partition coefficient (Wildman–Crippen LogP) is 5.79. The Hall–Kier alpha value is -3.11. The lowest BCUT2D eigenvalue weighted by Gasteiger charge is -2.11. The first-order valence-corrected chi connectivity index (χ1v) is 9.83. The number of hydrogen-bond acceptors (Lipinski definition) is 4. The van der Waals surface area contributed by atoms with E-state index in [0.29, 0.717) is 10.1 Å². The number of aromatic hydroxyl groups is 1. The highest BCUT2D eigenvalue weighted by molar-refractivity contribution is 9.10. The number of nitrogens with zero attached hydrogens (tertiary/aromatic N) is 3. The number of alkyl halides is 3. The van der Waals surface area contributed by atoms with Crippen molar-refractivity contribution < 1.29 is 23.1 Å². The van der Waals surface area contributed by atoms with E-state index < -0.39 is 17.8 Å². The Morgan fingerprint density at radius 3 is 2.48 bits per heavy atom. The van der Waals surface area contributed by atoms with Crippen LogP contribution in [0.2, 0.25) is 5.02 Å². The largest absolute Gasteiger partial charge is 0.506 e. The van der Waals surface area contributed by atoms with E-state index in [1.807, 2.05) is 0 Å². The SMILES string of the molecule is O=C(Nc1cc(Cl)ccc1O)c1cc2nc(-c3ccc(Br)cc3)cc(C(F)(F)F)n2n1. The Bertz CT molecular complexity index is 1310. The molecule has 0 atom stereocenters. The number of nitrogens with one attached hydrogen (secondary N) is 1. The Morgan fingerprint density at radius 1 is 1.10 bits per heavy atom. The van der Waals surface area contributed by atoms with Crippen LogP contribution in [0.15, 0.2) is 59.1 Å². The van der Waals surface area contributed by atoms with E-state index in [9.17, 15) is 23.1 Å². The predicted molar refractivity (Wildman–Crippen MR) is 112 cm³/mol. The molecule has 0 saturated carbocycles. The Kier molecular flexibility index (Phi) is 5.36. The normalized spacial score (nSPS) is 11.6. The van der Waals surface area contributed by atoms with Crippen molar-refractivity contribution in [1.82, 2.24) is 14.6 Å². The van der Waals surface area contributed by atoms with Gasteiger partial charge in [0.15, 0.2) is 17.0 Å². The summed E-state index contributed by atoms with van der Waals surface area (Å²) < 4.78 is 42.4. The molecule has 0 unspecified atom stereocenters. The average Bonchev–Trinajstić information content (AvgIpc) is 3.14. The monoisotopic (exact) mass is 510 g/mol. The van der Waals surface area contributed by atoms with Crippen molar-refractivity contribution in [2.45, 2.75) is 6.18 Å². The van der Waals surface area contributed by atoms with Crippen LogP contribution in [0.3, 0.4) is 0 Å². The summed E-state index contributed by atoms with van der Waals surface area (Å²) in [6.07, 6.45) is -4.74. The number of carbonyl (C=O) groups excluding carboxylic acids is 1. The van der Waals surface area contributed by atoms with Gasteiger partial charge in [0.25, 0.3) is 5.91 Å². The van der Waals surface area contributed by atoms with Crippen molar-refractivity contribution >= 4 is 44.8 Å². The van der Waals surface area contributed by atoms with Crippen LogP contribution in [0, 0.1) is 0 Å². The van der Waals surface area contributed by atoms with Crippen LogP contribution in [-0.2, 0) is 6.18 Å². The molecule has 0 bridgehead atoms. The number of amides is 1.